The second-order valence-electron chi connectivity index (χ2n) is 11.4. The second kappa shape index (κ2) is 13.8. The number of methoxy groups -OCH3 is 2. The zero-order valence-corrected chi connectivity index (χ0v) is 25.2. The van der Waals surface area contributed by atoms with Gasteiger partial charge in [0.15, 0.2) is 5.78 Å². The normalized spacial score (nSPS) is 16.5. The monoisotopic (exact) mass is 584 g/mol. The van der Waals surface area contributed by atoms with Gasteiger partial charge in [0.05, 0.1) is 19.8 Å². The topological polar surface area (TPSA) is 92.3 Å². The quantitative estimate of drug-likeness (QED) is 0.340. The predicted molar refractivity (Wildman–Crippen MR) is 164 cm³/mol. The molecule has 1 aromatic heterocycles. The molecule has 3 aromatic rings. The number of benzene rings is 2. The number of piperidine rings is 2. The van der Waals surface area contributed by atoms with E-state index in [2.05, 4.69) is 22.0 Å². The summed E-state index contributed by atoms with van der Waals surface area (Å²) in [7, 11) is 5.11. The molecule has 2 aliphatic heterocycles. The molecule has 2 saturated heterocycles. The van der Waals surface area contributed by atoms with Gasteiger partial charge >= 0.3 is 0 Å². The van der Waals surface area contributed by atoms with E-state index in [0.717, 1.165) is 38.2 Å². The number of rotatable bonds is 9. The van der Waals surface area contributed by atoms with Crippen LogP contribution in [0.5, 0.6) is 11.5 Å². The van der Waals surface area contributed by atoms with Gasteiger partial charge in [-0.05, 0) is 79.8 Å². The minimum Gasteiger partial charge on any atom is -0.497 e. The molecule has 0 aliphatic carbocycles. The highest BCUT2D eigenvalue weighted by atomic mass is 16.5. The molecule has 9 nitrogen and oxygen atoms in total. The fourth-order valence-electron chi connectivity index (χ4n) is 5.97. The molecule has 5 rings (SSSR count). The van der Waals surface area contributed by atoms with Crippen molar-refractivity contribution in [3.8, 4) is 11.5 Å². The summed E-state index contributed by atoms with van der Waals surface area (Å²) >= 11 is 0. The highest BCUT2D eigenvalue weighted by molar-refractivity contribution is 5.99. The molecule has 2 amide bonds. The first kappa shape index (κ1) is 30.2. The molecule has 9 heteroatoms. The van der Waals surface area contributed by atoms with Gasteiger partial charge in [-0.3, -0.25) is 24.3 Å². The maximum Gasteiger partial charge on any atom is 0.272 e. The van der Waals surface area contributed by atoms with Crippen LogP contribution in [0, 0.1) is 5.92 Å². The van der Waals surface area contributed by atoms with E-state index in [0.29, 0.717) is 48.5 Å². The van der Waals surface area contributed by atoms with Crippen molar-refractivity contribution in [3.05, 3.63) is 89.2 Å². The molecule has 0 saturated carbocycles. The van der Waals surface area contributed by atoms with Crippen LogP contribution in [0.25, 0.3) is 0 Å². The standard InChI is InChI=1S/C34H40N4O5/c1-36(28-16-18-37(19-17-28)23-24-4-9-29(42-2)10-5-24)33(40)27-8-13-31(35-22-27)34(41)38-20-14-26(15-21-38)32(39)25-6-11-30(43-3)12-7-25/h4-13,22,26,28H,14-21,23H2,1-3H3. The first-order valence-corrected chi connectivity index (χ1v) is 14.9. The van der Waals surface area contributed by atoms with Crippen molar-refractivity contribution >= 4 is 17.6 Å². The highest BCUT2D eigenvalue weighted by Gasteiger charge is 2.30. The Bertz CT molecular complexity index is 1390. The minimum absolute atomic E-state index is 0.0852. The molecule has 2 fully saturated rings. The smallest absolute Gasteiger partial charge is 0.272 e. The van der Waals surface area contributed by atoms with Gasteiger partial charge in [-0.25, -0.2) is 0 Å². The van der Waals surface area contributed by atoms with Gasteiger partial charge in [0.1, 0.15) is 17.2 Å². The number of pyridine rings is 1. The lowest BCUT2D eigenvalue weighted by Crippen LogP contribution is -2.45. The van der Waals surface area contributed by atoms with Crippen LogP contribution in [0.1, 0.15) is 62.5 Å². The zero-order valence-electron chi connectivity index (χ0n) is 25.2. The summed E-state index contributed by atoms with van der Waals surface area (Å²) in [4.78, 5) is 49.6. The Morgan fingerprint density at radius 3 is 1.93 bits per heavy atom. The summed E-state index contributed by atoms with van der Waals surface area (Å²) in [6.45, 7) is 3.70. The minimum atomic E-state index is -0.174. The molecule has 43 heavy (non-hydrogen) atoms. The summed E-state index contributed by atoms with van der Waals surface area (Å²) in [5, 5.41) is 0. The summed E-state index contributed by atoms with van der Waals surface area (Å²) < 4.78 is 10.4. The Kier molecular flexibility index (Phi) is 9.72. The molecular weight excluding hydrogens is 544 g/mol. The van der Waals surface area contributed by atoms with Crippen molar-refractivity contribution in [2.45, 2.75) is 38.3 Å². The van der Waals surface area contributed by atoms with E-state index in [4.69, 9.17) is 9.47 Å². The number of hydrogen-bond donors (Lipinski definition) is 0. The maximum absolute atomic E-state index is 13.2. The van der Waals surface area contributed by atoms with Gasteiger partial charge in [0, 0.05) is 63.5 Å². The van der Waals surface area contributed by atoms with E-state index in [1.807, 2.05) is 24.1 Å². The average Bonchev–Trinajstić information content (AvgIpc) is 3.08. The van der Waals surface area contributed by atoms with Crippen molar-refractivity contribution in [2.75, 3.05) is 47.4 Å². The number of likely N-dealkylation sites (tertiary alicyclic amines) is 2. The number of aromatic nitrogens is 1. The van der Waals surface area contributed by atoms with E-state index >= 15 is 0 Å². The first-order chi connectivity index (χ1) is 20.9. The SMILES string of the molecule is COc1ccc(CN2CCC(N(C)C(=O)c3ccc(C(=O)N4CCC(C(=O)c5ccc(OC)cc5)CC4)nc3)CC2)cc1. The number of ketones is 1. The molecule has 0 spiro atoms. The van der Waals surface area contributed by atoms with E-state index in [9.17, 15) is 14.4 Å². The Labute approximate surface area is 253 Å². The Morgan fingerprint density at radius 2 is 1.37 bits per heavy atom. The van der Waals surface area contributed by atoms with Gasteiger partial charge in [-0.1, -0.05) is 12.1 Å². The van der Waals surface area contributed by atoms with Crippen LogP contribution in [0.2, 0.25) is 0 Å². The van der Waals surface area contributed by atoms with E-state index < -0.39 is 0 Å². The Balaban J connectivity index is 1.09. The lowest BCUT2D eigenvalue weighted by molar-refractivity contribution is 0.0630. The molecule has 0 radical (unpaired) electrons. The molecule has 2 aromatic carbocycles. The summed E-state index contributed by atoms with van der Waals surface area (Å²) in [6.07, 6.45) is 4.53. The zero-order chi connectivity index (χ0) is 30.3. The third-order valence-corrected chi connectivity index (χ3v) is 8.75. The van der Waals surface area contributed by atoms with Crippen molar-refractivity contribution < 1.29 is 23.9 Å². The molecule has 3 heterocycles. The largest absolute Gasteiger partial charge is 0.497 e. The van der Waals surface area contributed by atoms with Crippen LogP contribution < -0.4 is 9.47 Å². The van der Waals surface area contributed by atoms with E-state index in [1.54, 1.807) is 55.5 Å². The number of hydrogen-bond acceptors (Lipinski definition) is 7. The van der Waals surface area contributed by atoms with Gasteiger partial charge in [0.2, 0.25) is 0 Å². The van der Waals surface area contributed by atoms with Crippen molar-refractivity contribution in [2.24, 2.45) is 5.92 Å². The van der Waals surface area contributed by atoms with Crippen molar-refractivity contribution in [3.63, 3.8) is 0 Å². The third-order valence-electron chi connectivity index (χ3n) is 8.75. The molecule has 0 bridgehead atoms. The first-order valence-electron chi connectivity index (χ1n) is 14.9. The van der Waals surface area contributed by atoms with Gasteiger partial charge in [-0.2, -0.15) is 0 Å². The van der Waals surface area contributed by atoms with Gasteiger partial charge in [0.25, 0.3) is 11.8 Å². The lowest BCUT2D eigenvalue weighted by atomic mass is 9.88. The second-order valence-corrected chi connectivity index (χ2v) is 11.4. The third kappa shape index (κ3) is 7.22. The summed E-state index contributed by atoms with van der Waals surface area (Å²) in [5.41, 5.74) is 2.70. The molecule has 226 valence electrons. The number of nitrogens with zero attached hydrogens (tertiary/aromatic N) is 4. The molecule has 0 N–H and O–H groups in total. The highest BCUT2D eigenvalue weighted by Crippen LogP contribution is 2.25. The summed E-state index contributed by atoms with van der Waals surface area (Å²) in [6, 6.07) is 18.8. The average molecular weight is 585 g/mol. The molecule has 0 unspecified atom stereocenters. The lowest BCUT2D eigenvalue weighted by Gasteiger charge is -2.36. The van der Waals surface area contributed by atoms with Gasteiger partial charge in [-0.15, -0.1) is 0 Å². The van der Waals surface area contributed by atoms with Crippen LogP contribution in [-0.2, 0) is 6.54 Å². The molecule has 2 aliphatic rings. The van der Waals surface area contributed by atoms with Crippen LogP contribution in [0.3, 0.4) is 0 Å². The van der Waals surface area contributed by atoms with Crippen molar-refractivity contribution in [1.29, 1.82) is 0 Å². The number of carbonyl (C=O) groups is 3. The van der Waals surface area contributed by atoms with Crippen LogP contribution in [0.4, 0.5) is 0 Å². The maximum atomic E-state index is 13.2. The van der Waals surface area contributed by atoms with Crippen molar-refractivity contribution in [1.82, 2.24) is 19.7 Å². The van der Waals surface area contributed by atoms with E-state index in [1.165, 1.54) is 11.8 Å². The summed E-state index contributed by atoms with van der Waals surface area (Å²) in [5.74, 6) is 1.29. The van der Waals surface area contributed by atoms with Crippen LogP contribution in [-0.4, -0.2) is 90.8 Å². The number of carbonyl (C=O) groups excluding carboxylic acids is 3. The number of Topliss-reactive ketones (excluding diaryl/α,β-unsaturated/α-hetero) is 1. The molecular formula is C34H40N4O5. The Hall–Kier alpha value is -4.24. The van der Waals surface area contributed by atoms with E-state index in [-0.39, 0.29) is 29.6 Å². The predicted octanol–water partition coefficient (Wildman–Crippen LogP) is 4.57. The van der Waals surface area contributed by atoms with Crippen LogP contribution >= 0.6 is 0 Å². The Morgan fingerprint density at radius 1 is 0.791 bits per heavy atom. The number of amides is 2. The fraction of sp³-hybridized carbons (Fsp3) is 0.412. The molecule has 0 atom stereocenters. The fourth-order valence-corrected chi connectivity index (χ4v) is 5.97. The van der Waals surface area contributed by atoms with Crippen LogP contribution in [0.15, 0.2) is 66.9 Å². The van der Waals surface area contributed by atoms with Gasteiger partial charge < -0.3 is 19.3 Å². The number of ether oxygens (including phenoxy) is 2.